The summed E-state index contributed by atoms with van der Waals surface area (Å²) in [6, 6.07) is 7.01. The van der Waals surface area contributed by atoms with Crippen molar-refractivity contribution in [3.8, 4) is 0 Å². The molecular formula is C19H17Cl2N5O2. The Morgan fingerprint density at radius 2 is 2.07 bits per heavy atom. The van der Waals surface area contributed by atoms with Crippen molar-refractivity contribution >= 4 is 47.0 Å². The highest BCUT2D eigenvalue weighted by molar-refractivity contribution is 6.33. The first-order valence-electron chi connectivity index (χ1n) is 8.42. The number of rotatable bonds is 6. The molecule has 0 spiro atoms. The number of amides is 1. The number of hydrogen-bond donors (Lipinski definition) is 3. The first-order valence-corrected chi connectivity index (χ1v) is 9.17. The molecule has 1 aromatic carbocycles. The third kappa shape index (κ3) is 5.09. The minimum atomic E-state index is -0.365. The minimum Gasteiger partial charge on any atom is -0.384 e. The molecule has 0 radical (unpaired) electrons. The lowest BCUT2D eigenvalue weighted by Gasteiger charge is -2.13. The van der Waals surface area contributed by atoms with Crippen molar-refractivity contribution in [2.45, 2.75) is 18.9 Å². The zero-order valence-corrected chi connectivity index (χ0v) is 16.2. The van der Waals surface area contributed by atoms with E-state index in [-0.39, 0.29) is 28.5 Å². The Bertz CT molecular complexity index is 975. The van der Waals surface area contributed by atoms with Crippen LogP contribution in [-0.2, 0) is 16.0 Å². The van der Waals surface area contributed by atoms with Gasteiger partial charge < -0.3 is 16.4 Å². The van der Waals surface area contributed by atoms with Crippen LogP contribution in [0, 0.1) is 0 Å². The summed E-state index contributed by atoms with van der Waals surface area (Å²) in [6.45, 7) is 0. The molecule has 1 aliphatic carbocycles. The second-order valence-electron chi connectivity index (χ2n) is 6.14. The van der Waals surface area contributed by atoms with E-state index in [9.17, 15) is 9.59 Å². The molecule has 0 fully saturated rings. The summed E-state index contributed by atoms with van der Waals surface area (Å²) in [6.07, 6.45) is 6.02. The summed E-state index contributed by atoms with van der Waals surface area (Å²) in [4.78, 5) is 31.3. The third-order valence-electron chi connectivity index (χ3n) is 4.15. The SMILES string of the molecule is Nc1cc(N/C(C=O)=C/C(Cl)=C/C(=O)NC2CCc3ccc(Cl)cc32)ncn1. The van der Waals surface area contributed by atoms with Crippen molar-refractivity contribution < 1.29 is 9.59 Å². The Morgan fingerprint density at radius 1 is 1.25 bits per heavy atom. The number of halogens is 2. The van der Waals surface area contributed by atoms with Crippen LogP contribution in [-0.4, -0.2) is 22.2 Å². The zero-order chi connectivity index (χ0) is 20.1. The van der Waals surface area contributed by atoms with E-state index in [4.69, 9.17) is 28.9 Å². The fourth-order valence-corrected chi connectivity index (χ4v) is 3.34. The molecule has 0 saturated carbocycles. The second kappa shape index (κ2) is 8.86. The number of nitrogens with zero attached hydrogens (tertiary/aromatic N) is 2. The van der Waals surface area contributed by atoms with Crippen LogP contribution in [0.25, 0.3) is 0 Å². The summed E-state index contributed by atoms with van der Waals surface area (Å²) in [5.41, 5.74) is 7.86. The van der Waals surface area contributed by atoms with E-state index < -0.39 is 0 Å². The number of allylic oxidation sites excluding steroid dienone is 3. The van der Waals surface area contributed by atoms with E-state index in [2.05, 4.69) is 20.6 Å². The normalized spacial score (nSPS) is 16.4. The van der Waals surface area contributed by atoms with Crippen molar-refractivity contribution in [2.75, 3.05) is 11.1 Å². The number of nitrogens with two attached hydrogens (primary N) is 1. The summed E-state index contributed by atoms with van der Waals surface area (Å²) in [5.74, 6) is 0.218. The molecule has 28 heavy (non-hydrogen) atoms. The van der Waals surface area contributed by atoms with E-state index in [1.807, 2.05) is 18.2 Å². The number of carbonyl (C=O) groups excluding carboxylic acids is 2. The lowest BCUT2D eigenvalue weighted by molar-refractivity contribution is -0.117. The molecule has 1 heterocycles. The molecule has 144 valence electrons. The summed E-state index contributed by atoms with van der Waals surface area (Å²) in [5, 5.41) is 6.37. The molecule has 7 nitrogen and oxygen atoms in total. The van der Waals surface area contributed by atoms with Crippen LogP contribution in [0.3, 0.4) is 0 Å². The third-order valence-corrected chi connectivity index (χ3v) is 4.61. The van der Waals surface area contributed by atoms with Gasteiger partial charge in [0, 0.05) is 22.2 Å². The number of fused-ring (bicyclic) bond motifs is 1. The van der Waals surface area contributed by atoms with Crippen LogP contribution in [0.15, 0.2) is 53.5 Å². The van der Waals surface area contributed by atoms with E-state index in [1.165, 1.54) is 30.1 Å². The molecule has 4 N–H and O–H groups in total. The Balaban J connectivity index is 1.67. The quantitative estimate of drug-likeness (QED) is 0.378. The Morgan fingerprint density at radius 3 is 2.82 bits per heavy atom. The van der Waals surface area contributed by atoms with Crippen molar-refractivity contribution in [1.29, 1.82) is 0 Å². The first-order chi connectivity index (χ1) is 13.4. The van der Waals surface area contributed by atoms with Crippen molar-refractivity contribution in [1.82, 2.24) is 15.3 Å². The monoisotopic (exact) mass is 417 g/mol. The average molecular weight is 418 g/mol. The molecule has 0 saturated heterocycles. The predicted octanol–water partition coefficient (Wildman–Crippen LogP) is 3.13. The summed E-state index contributed by atoms with van der Waals surface area (Å²) >= 11 is 12.2. The number of aryl methyl sites for hydroxylation is 1. The van der Waals surface area contributed by atoms with Gasteiger partial charge in [0.25, 0.3) is 0 Å². The van der Waals surface area contributed by atoms with Crippen LogP contribution in [0.2, 0.25) is 5.02 Å². The van der Waals surface area contributed by atoms with Gasteiger partial charge in [0.1, 0.15) is 18.0 Å². The molecule has 2 aromatic rings. The van der Waals surface area contributed by atoms with E-state index >= 15 is 0 Å². The Hall–Kier alpha value is -2.90. The number of anilines is 2. The van der Waals surface area contributed by atoms with Gasteiger partial charge in [-0.3, -0.25) is 9.59 Å². The lowest BCUT2D eigenvalue weighted by Crippen LogP contribution is -2.25. The van der Waals surface area contributed by atoms with E-state index in [1.54, 1.807) is 0 Å². The maximum Gasteiger partial charge on any atom is 0.245 e. The molecule has 1 unspecified atom stereocenters. The lowest BCUT2D eigenvalue weighted by atomic mass is 10.1. The largest absolute Gasteiger partial charge is 0.384 e. The van der Waals surface area contributed by atoms with Gasteiger partial charge in [-0.1, -0.05) is 29.3 Å². The summed E-state index contributed by atoms with van der Waals surface area (Å²) in [7, 11) is 0. The van der Waals surface area contributed by atoms with Gasteiger partial charge in [0.05, 0.1) is 11.7 Å². The van der Waals surface area contributed by atoms with Crippen molar-refractivity contribution in [2.24, 2.45) is 0 Å². The Labute approximate surface area is 171 Å². The number of benzene rings is 1. The van der Waals surface area contributed by atoms with Crippen LogP contribution in [0.4, 0.5) is 11.6 Å². The second-order valence-corrected chi connectivity index (χ2v) is 7.02. The fraction of sp³-hybridized carbons (Fsp3) is 0.158. The topological polar surface area (TPSA) is 110 Å². The predicted molar refractivity (Wildman–Crippen MR) is 109 cm³/mol. The number of aldehydes is 1. The van der Waals surface area contributed by atoms with Crippen molar-refractivity contribution in [3.63, 3.8) is 0 Å². The van der Waals surface area contributed by atoms with E-state index in [0.29, 0.717) is 17.1 Å². The molecular weight excluding hydrogens is 401 g/mol. The highest BCUT2D eigenvalue weighted by Gasteiger charge is 2.23. The van der Waals surface area contributed by atoms with Gasteiger partial charge in [0.2, 0.25) is 5.91 Å². The fourth-order valence-electron chi connectivity index (χ4n) is 2.94. The van der Waals surface area contributed by atoms with Gasteiger partial charge in [-0.2, -0.15) is 0 Å². The van der Waals surface area contributed by atoms with Crippen molar-refractivity contribution in [3.05, 3.63) is 69.6 Å². The van der Waals surface area contributed by atoms with Gasteiger partial charge >= 0.3 is 0 Å². The molecule has 9 heteroatoms. The molecule has 1 aromatic heterocycles. The highest BCUT2D eigenvalue weighted by Crippen LogP contribution is 2.33. The van der Waals surface area contributed by atoms with Crippen LogP contribution < -0.4 is 16.4 Å². The van der Waals surface area contributed by atoms with Crippen LogP contribution in [0.1, 0.15) is 23.6 Å². The molecule has 3 rings (SSSR count). The average Bonchev–Trinajstić information content (AvgIpc) is 3.03. The molecule has 1 amide bonds. The number of nitrogen functional groups attached to an aromatic ring is 1. The number of hydrogen-bond acceptors (Lipinski definition) is 6. The Kier molecular flexibility index (Phi) is 6.28. The van der Waals surface area contributed by atoms with Crippen LogP contribution >= 0.6 is 23.2 Å². The maximum absolute atomic E-state index is 12.3. The molecule has 0 aliphatic heterocycles. The van der Waals surface area contributed by atoms with Crippen LogP contribution in [0.5, 0.6) is 0 Å². The summed E-state index contributed by atoms with van der Waals surface area (Å²) < 4.78 is 0. The minimum absolute atomic E-state index is 0.0819. The van der Waals surface area contributed by atoms with Gasteiger partial charge in [0.15, 0.2) is 6.29 Å². The molecule has 1 aliphatic rings. The van der Waals surface area contributed by atoms with E-state index in [0.717, 1.165) is 18.4 Å². The first kappa shape index (κ1) is 19.9. The van der Waals surface area contributed by atoms with Gasteiger partial charge in [-0.15, -0.1) is 0 Å². The number of aromatic nitrogens is 2. The van der Waals surface area contributed by atoms with Gasteiger partial charge in [-0.25, -0.2) is 9.97 Å². The maximum atomic E-state index is 12.3. The molecule has 0 bridgehead atoms. The molecule has 1 atom stereocenters. The highest BCUT2D eigenvalue weighted by atomic mass is 35.5. The zero-order valence-electron chi connectivity index (χ0n) is 14.7. The smallest absolute Gasteiger partial charge is 0.245 e. The number of nitrogens with one attached hydrogen (secondary N) is 2. The standard InChI is InChI=1S/C19H17Cl2N5O2/c20-12-3-1-11-2-4-16(15(11)6-12)26-19(28)7-13(21)5-14(9-27)25-18-8-17(22)23-10-24-18/h1,3,5-10,16H,2,4H2,(H,26,28)(H3,22,23,24,25)/b13-7-,14-5+. The number of carbonyl (C=O) groups is 2. The van der Waals surface area contributed by atoms with Gasteiger partial charge in [-0.05, 0) is 42.2 Å².